The van der Waals surface area contributed by atoms with Gasteiger partial charge in [-0.15, -0.1) is 0 Å². The first-order valence-electron chi connectivity index (χ1n) is 6.57. The summed E-state index contributed by atoms with van der Waals surface area (Å²) in [6.07, 6.45) is 3.12. The van der Waals surface area contributed by atoms with Gasteiger partial charge in [0.1, 0.15) is 0 Å². The Kier molecular flexibility index (Phi) is 3.66. The van der Waals surface area contributed by atoms with E-state index in [0.29, 0.717) is 12.1 Å². The summed E-state index contributed by atoms with van der Waals surface area (Å²) in [6.45, 7) is 0.716. The van der Waals surface area contributed by atoms with E-state index in [9.17, 15) is 0 Å². The SMILES string of the molecule is N#Cc1ccc(CNc2ccc(-c3cnco3)cc2)cc1. The van der Waals surface area contributed by atoms with E-state index in [1.54, 1.807) is 6.20 Å². The van der Waals surface area contributed by atoms with Crippen LogP contribution in [0.1, 0.15) is 11.1 Å². The van der Waals surface area contributed by atoms with Gasteiger partial charge >= 0.3 is 0 Å². The highest BCUT2D eigenvalue weighted by Gasteiger charge is 2.01. The van der Waals surface area contributed by atoms with E-state index in [0.717, 1.165) is 22.6 Å². The smallest absolute Gasteiger partial charge is 0.181 e. The molecule has 0 amide bonds. The number of hydrogen-bond donors (Lipinski definition) is 1. The lowest BCUT2D eigenvalue weighted by Crippen LogP contribution is -1.99. The van der Waals surface area contributed by atoms with Crippen LogP contribution in [0.2, 0.25) is 0 Å². The maximum absolute atomic E-state index is 8.76. The minimum Gasteiger partial charge on any atom is -0.444 e. The molecule has 102 valence electrons. The van der Waals surface area contributed by atoms with Crippen molar-refractivity contribution in [3.8, 4) is 17.4 Å². The van der Waals surface area contributed by atoms with Gasteiger partial charge in [0.05, 0.1) is 17.8 Å². The quantitative estimate of drug-likeness (QED) is 0.786. The maximum Gasteiger partial charge on any atom is 0.181 e. The number of rotatable bonds is 4. The van der Waals surface area contributed by atoms with Crippen LogP contribution in [0.25, 0.3) is 11.3 Å². The molecule has 0 aliphatic carbocycles. The highest BCUT2D eigenvalue weighted by Crippen LogP contribution is 2.21. The van der Waals surface area contributed by atoms with Gasteiger partial charge in [-0.05, 0) is 42.0 Å². The first kappa shape index (κ1) is 12.9. The Hall–Kier alpha value is -3.06. The van der Waals surface area contributed by atoms with Crippen LogP contribution in [0.3, 0.4) is 0 Å². The first-order chi connectivity index (χ1) is 10.3. The van der Waals surface area contributed by atoms with Gasteiger partial charge < -0.3 is 9.73 Å². The van der Waals surface area contributed by atoms with Crippen molar-refractivity contribution in [2.75, 3.05) is 5.32 Å². The third-order valence-electron chi connectivity index (χ3n) is 3.18. The lowest BCUT2D eigenvalue weighted by Gasteiger charge is -2.07. The summed E-state index contributed by atoms with van der Waals surface area (Å²) in [7, 11) is 0. The van der Waals surface area contributed by atoms with Crippen molar-refractivity contribution >= 4 is 5.69 Å². The predicted octanol–water partition coefficient (Wildman–Crippen LogP) is 3.83. The second kappa shape index (κ2) is 5.93. The van der Waals surface area contributed by atoms with Crippen molar-refractivity contribution < 1.29 is 4.42 Å². The molecule has 1 aromatic heterocycles. The van der Waals surface area contributed by atoms with E-state index in [4.69, 9.17) is 9.68 Å². The van der Waals surface area contributed by atoms with Gasteiger partial charge in [-0.1, -0.05) is 12.1 Å². The van der Waals surface area contributed by atoms with E-state index in [-0.39, 0.29) is 0 Å². The van der Waals surface area contributed by atoms with Gasteiger partial charge in [0.25, 0.3) is 0 Å². The van der Waals surface area contributed by atoms with Crippen LogP contribution < -0.4 is 5.32 Å². The van der Waals surface area contributed by atoms with Gasteiger partial charge in [0.15, 0.2) is 12.2 Å². The molecule has 3 aromatic rings. The number of nitrogens with zero attached hydrogens (tertiary/aromatic N) is 2. The monoisotopic (exact) mass is 275 g/mol. The van der Waals surface area contributed by atoms with Gasteiger partial charge in [0, 0.05) is 17.8 Å². The van der Waals surface area contributed by atoms with Crippen molar-refractivity contribution in [1.82, 2.24) is 4.98 Å². The van der Waals surface area contributed by atoms with E-state index >= 15 is 0 Å². The summed E-state index contributed by atoms with van der Waals surface area (Å²) in [5, 5.41) is 12.1. The second-order valence-electron chi connectivity index (χ2n) is 4.61. The molecule has 0 saturated carbocycles. The van der Waals surface area contributed by atoms with Crippen LogP contribution >= 0.6 is 0 Å². The standard InChI is InChI=1S/C17H13N3O/c18-9-13-1-3-14(4-2-13)10-20-16-7-5-15(6-8-16)17-11-19-12-21-17/h1-8,11-12,20H,10H2. The number of benzene rings is 2. The van der Waals surface area contributed by atoms with E-state index in [2.05, 4.69) is 16.4 Å². The van der Waals surface area contributed by atoms with E-state index in [1.165, 1.54) is 6.39 Å². The zero-order chi connectivity index (χ0) is 14.5. The summed E-state index contributed by atoms with van der Waals surface area (Å²) >= 11 is 0. The minimum atomic E-state index is 0.676. The van der Waals surface area contributed by atoms with Crippen molar-refractivity contribution in [1.29, 1.82) is 5.26 Å². The fourth-order valence-electron chi connectivity index (χ4n) is 2.01. The molecule has 0 bridgehead atoms. The molecule has 0 atom stereocenters. The number of hydrogen-bond acceptors (Lipinski definition) is 4. The Morgan fingerprint density at radius 3 is 2.43 bits per heavy atom. The Bertz CT molecular complexity index is 738. The predicted molar refractivity (Wildman–Crippen MR) is 80.4 cm³/mol. The Morgan fingerprint density at radius 1 is 1.05 bits per heavy atom. The van der Waals surface area contributed by atoms with Gasteiger partial charge in [-0.2, -0.15) is 5.26 Å². The molecule has 3 rings (SSSR count). The van der Waals surface area contributed by atoms with Gasteiger partial charge in [-0.25, -0.2) is 4.98 Å². The Balaban J connectivity index is 1.64. The third kappa shape index (κ3) is 3.10. The van der Waals surface area contributed by atoms with E-state index in [1.807, 2.05) is 48.5 Å². The molecule has 0 saturated heterocycles. The Morgan fingerprint density at radius 2 is 1.81 bits per heavy atom. The number of oxazole rings is 1. The normalized spacial score (nSPS) is 10.0. The van der Waals surface area contributed by atoms with E-state index < -0.39 is 0 Å². The second-order valence-corrected chi connectivity index (χ2v) is 4.61. The highest BCUT2D eigenvalue weighted by atomic mass is 16.3. The average molecular weight is 275 g/mol. The summed E-state index contributed by atoms with van der Waals surface area (Å²) in [5.74, 6) is 0.758. The molecule has 4 nitrogen and oxygen atoms in total. The number of anilines is 1. The maximum atomic E-state index is 8.76. The zero-order valence-corrected chi connectivity index (χ0v) is 11.3. The van der Waals surface area contributed by atoms with Crippen molar-refractivity contribution in [2.45, 2.75) is 6.54 Å². The van der Waals surface area contributed by atoms with Crippen LogP contribution in [0.5, 0.6) is 0 Å². The topological polar surface area (TPSA) is 61.9 Å². The Labute approximate surface area is 122 Å². The van der Waals surface area contributed by atoms with Gasteiger partial charge in [0.2, 0.25) is 0 Å². The van der Waals surface area contributed by atoms with Crippen molar-refractivity contribution in [2.24, 2.45) is 0 Å². The minimum absolute atomic E-state index is 0.676. The first-order valence-corrected chi connectivity index (χ1v) is 6.57. The van der Waals surface area contributed by atoms with Crippen molar-refractivity contribution in [3.05, 3.63) is 72.2 Å². The molecule has 1 N–H and O–H groups in total. The lowest BCUT2D eigenvalue weighted by atomic mass is 10.1. The molecule has 2 aromatic carbocycles. The summed E-state index contributed by atoms with van der Waals surface area (Å²) in [6, 6.07) is 17.6. The van der Waals surface area contributed by atoms with Crippen LogP contribution in [-0.4, -0.2) is 4.98 Å². The molecular weight excluding hydrogens is 262 g/mol. The van der Waals surface area contributed by atoms with Crippen molar-refractivity contribution in [3.63, 3.8) is 0 Å². The third-order valence-corrected chi connectivity index (χ3v) is 3.18. The van der Waals surface area contributed by atoms with Crippen LogP contribution in [-0.2, 0) is 6.54 Å². The molecule has 0 radical (unpaired) electrons. The molecule has 1 heterocycles. The van der Waals surface area contributed by atoms with Crippen LogP contribution in [0.15, 0.2) is 65.5 Å². The average Bonchev–Trinajstić information content (AvgIpc) is 3.08. The molecule has 4 heteroatoms. The molecule has 0 aliphatic rings. The zero-order valence-electron chi connectivity index (χ0n) is 11.3. The number of nitriles is 1. The fraction of sp³-hybridized carbons (Fsp3) is 0.0588. The molecule has 21 heavy (non-hydrogen) atoms. The molecule has 0 spiro atoms. The molecule has 0 aliphatic heterocycles. The summed E-state index contributed by atoms with van der Waals surface area (Å²) in [4.78, 5) is 3.91. The number of aromatic nitrogens is 1. The molecule has 0 fully saturated rings. The van der Waals surface area contributed by atoms with Gasteiger partial charge in [-0.3, -0.25) is 0 Å². The highest BCUT2D eigenvalue weighted by molar-refractivity contribution is 5.60. The van der Waals surface area contributed by atoms with Crippen LogP contribution in [0.4, 0.5) is 5.69 Å². The summed E-state index contributed by atoms with van der Waals surface area (Å²) in [5.41, 5.74) is 3.84. The molecular formula is C17H13N3O. The number of nitrogens with one attached hydrogen (secondary N) is 1. The fourth-order valence-corrected chi connectivity index (χ4v) is 2.01. The summed E-state index contributed by atoms with van der Waals surface area (Å²) < 4.78 is 5.25. The lowest BCUT2D eigenvalue weighted by molar-refractivity contribution is 0.572. The molecule has 0 unspecified atom stereocenters. The van der Waals surface area contributed by atoms with Crippen LogP contribution in [0, 0.1) is 11.3 Å². The largest absolute Gasteiger partial charge is 0.444 e.